The SMILES string of the molecule is CC(C)Oc1cncc(OC2CCNCC2)n1. The summed E-state index contributed by atoms with van der Waals surface area (Å²) in [5.74, 6) is 1.07. The Morgan fingerprint density at radius 3 is 2.65 bits per heavy atom. The molecule has 0 saturated carbocycles. The van der Waals surface area contributed by atoms with Crippen LogP contribution in [-0.2, 0) is 0 Å². The summed E-state index contributed by atoms with van der Waals surface area (Å²) >= 11 is 0. The van der Waals surface area contributed by atoms with Crippen LogP contribution >= 0.6 is 0 Å². The van der Waals surface area contributed by atoms with Crippen LogP contribution < -0.4 is 14.8 Å². The fraction of sp³-hybridized carbons (Fsp3) is 0.667. The van der Waals surface area contributed by atoms with Crippen molar-refractivity contribution in [3.05, 3.63) is 12.4 Å². The smallest absolute Gasteiger partial charge is 0.235 e. The molecule has 0 aliphatic carbocycles. The summed E-state index contributed by atoms with van der Waals surface area (Å²) in [6.07, 6.45) is 5.59. The van der Waals surface area contributed by atoms with E-state index in [1.807, 2.05) is 13.8 Å². The van der Waals surface area contributed by atoms with E-state index in [-0.39, 0.29) is 12.2 Å². The molecular weight excluding hydrogens is 218 g/mol. The molecule has 94 valence electrons. The monoisotopic (exact) mass is 237 g/mol. The van der Waals surface area contributed by atoms with Crippen molar-refractivity contribution in [2.75, 3.05) is 13.1 Å². The van der Waals surface area contributed by atoms with Gasteiger partial charge in [-0.3, -0.25) is 4.98 Å². The van der Waals surface area contributed by atoms with Gasteiger partial charge in [-0.25, -0.2) is 0 Å². The zero-order chi connectivity index (χ0) is 12.1. The van der Waals surface area contributed by atoms with Gasteiger partial charge in [0.2, 0.25) is 11.8 Å². The highest BCUT2D eigenvalue weighted by Crippen LogP contribution is 2.16. The Morgan fingerprint density at radius 2 is 1.94 bits per heavy atom. The molecule has 2 rings (SSSR count). The molecule has 1 aromatic heterocycles. The van der Waals surface area contributed by atoms with Crippen LogP contribution in [0.3, 0.4) is 0 Å². The third-order valence-corrected chi connectivity index (χ3v) is 2.52. The predicted molar refractivity (Wildman–Crippen MR) is 64.3 cm³/mol. The van der Waals surface area contributed by atoms with E-state index in [9.17, 15) is 0 Å². The fourth-order valence-corrected chi connectivity index (χ4v) is 1.77. The van der Waals surface area contributed by atoms with Crippen molar-refractivity contribution in [3.8, 4) is 11.8 Å². The molecule has 2 heterocycles. The van der Waals surface area contributed by atoms with Gasteiger partial charge in [-0.05, 0) is 39.8 Å². The average molecular weight is 237 g/mol. The van der Waals surface area contributed by atoms with E-state index in [0.29, 0.717) is 11.8 Å². The van der Waals surface area contributed by atoms with Crippen molar-refractivity contribution in [3.63, 3.8) is 0 Å². The van der Waals surface area contributed by atoms with Crippen LogP contribution in [0.2, 0.25) is 0 Å². The first-order valence-electron chi connectivity index (χ1n) is 6.10. The lowest BCUT2D eigenvalue weighted by atomic mass is 10.1. The third-order valence-electron chi connectivity index (χ3n) is 2.52. The van der Waals surface area contributed by atoms with Crippen molar-refractivity contribution >= 4 is 0 Å². The van der Waals surface area contributed by atoms with E-state index in [4.69, 9.17) is 9.47 Å². The van der Waals surface area contributed by atoms with E-state index in [0.717, 1.165) is 25.9 Å². The minimum absolute atomic E-state index is 0.0958. The Labute approximate surface area is 102 Å². The number of ether oxygens (including phenoxy) is 2. The summed E-state index contributed by atoms with van der Waals surface area (Å²) in [7, 11) is 0. The Morgan fingerprint density at radius 1 is 1.24 bits per heavy atom. The number of hydrogen-bond donors (Lipinski definition) is 1. The molecule has 1 aliphatic rings. The summed E-state index contributed by atoms with van der Waals surface area (Å²) in [5, 5.41) is 3.30. The molecule has 0 amide bonds. The Kier molecular flexibility index (Phi) is 4.14. The van der Waals surface area contributed by atoms with Gasteiger partial charge >= 0.3 is 0 Å². The number of piperidine rings is 1. The quantitative estimate of drug-likeness (QED) is 0.857. The highest BCUT2D eigenvalue weighted by Gasteiger charge is 2.15. The molecule has 0 unspecified atom stereocenters. The molecule has 0 spiro atoms. The fourth-order valence-electron chi connectivity index (χ4n) is 1.77. The molecule has 17 heavy (non-hydrogen) atoms. The lowest BCUT2D eigenvalue weighted by molar-refractivity contribution is 0.151. The van der Waals surface area contributed by atoms with Crippen molar-refractivity contribution in [2.24, 2.45) is 0 Å². The minimum Gasteiger partial charge on any atom is -0.474 e. The van der Waals surface area contributed by atoms with Gasteiger partial charge in [0.15, 0.2) is 0 Å². The van der Waals surface area contributed by atoms with Gasteiger partial charge in [0.25, 0.3) is 0 Å². The predicted octanol–water partition coefficient (Wildman–Crippen LogP) is 1.39. The van der Waals surface area contributed by atoms with Crippen LogP contribution in [0.5, 0.6) is 11.8 Å². The van der Waals surface area contributed by atoms with Crippen LogP contribution in [0.25, 0.3) is 0 Å². The summed E-state index contributed by atoms with van der Waals surface area (Å²) in [6.45, 7) is 5.92. The normalized spacial score (nSPS) is 17.1. The zero-order valence-electron chi connectivity index (χ0n) is 10.3. The standard InChI is InChI=1S/C12H19N3O2/c1-9(2)16-11-7-14-8-12(15-11)17-10-3-5-13-6-4-10/h7-10,13H,3-6H2,1-2H3. The van der Waals surface area contributed by atoms with E-state index >= 15 is 0 Å². The molecule has 1 aliphatic heterocycles. The van der Waals surface area contributed by atoms with Gasteiger partial charge in [-0.15, -0.1) is 0 Å². The molecule has 1 aromatic rings. The number of rotatable bonds is 4. The van der Waals surface area contributed by atoms with Crippen LogP contribution in [0.1, 0.15) is 26.7 Å². The number of nitrogens with one attached hydrogen (secondary N) is 1. The molecule has 0 bridgehead atoms. The van der Waals surface area contributed by atoms with Crippen LogP contribution in [0.15, 0.2) is 12.4 Å². The number of nitrogens with zero attached hydrogens (tertiary/aromatic N) is 2. The van der Waals surface area contributed by atoms with Crippen molar-refractivity contribution < 1.29 is 9.47 Å². The van der Waals surface area contributed by atoms with Crippen LogP contribution in [-0.4, -0.2) is 35.3 Å². The lowest BCUT2D eigenvalue weighted by Gasteiger charge is -2.23. The Bertz CT molecular complexity index is 351. The van der Waals surface area contributed by atoms with Crippen LogP contribution in [0, 0.1) is 0 Å². The lowest BCUT2D eigenvalue weighted by Crippen LogP contribution is -2.34. The third kappa shape index (κ3) is 3.85. The van der Waals surface area contributed by atoms with Crippen molar-refractivity contribution in [1.29, 1.82) is 0 Å². The maximum absolute atomic E-state index is 5.78. The molecule has 1 fully saturated rings. The molecule has 1 N–H and O–H groups in total. The van der Waals surface area contributed by atoms with Gasteiger partial charge in [-0.1, -0.05) is 0 Å². The van der Waals surface area contributed by atoms with E-state index in [1.165, 1.54) is 0 Å². The van der Waals surface area contributed by atoms with E-state index < -0.39 is 0 Å². The first-order valence-corrected chi connectivity index (χ1v) is 6.10. The van der Waals surface area contributed by atoms with Gasteiger partial charge in [0, 0.05) is 0 Å². The zero-order valence-corrected chi connectivity index (χ0v) is 10.3. The maximum Gasteiger partial charge on any atom is 0.235 e. The van der Waals surface area contributed by atoms with Gasteiger partial charge in [-0.2, -0.15) is 4.98 Å². The summed E-state index contributed by atoms with van der Waals surface area (Å²) < 4.78 is 11.3. The minimum atomic E-state index is 0.0958. The van der Waals surface area contributed by atoms with Gasteiger partial charge in [0.05, 0.1) is 18.5 Å². The summed E-state index contributed by atoms with van der Waals surface area (Å²) in [6, 6.07) is 0. The molecule has 0 radical (unpaired) electrons. The molecule has 0 atom stereocenters. The molecule has 1 saturated heterocycles. The van der Waals surface area contributed by atoms with E-state index in [1.54, 1.807) is 12.4 Å². The number of aromatic nitrogens is 2. The van der Waals surface area contributed by atoms with E-state index in [2.05, 4.69) is 15.3 Å². The average Bonchev–Trinajstić information content (AvgIpc) is 2.30. The molecular formula is C12H19N3O2. The van der Waals surface area contributed by atoms with Crippen molar-refractivity contribution in [2.45, 2.75) is 38.9 Å². The van der Waals surface area contributed by atoms with Gasteiger partial charge < -0.3 is 14.8 Å². The second-order valence-electron chi connectivity index (χ2n) is 4.43. The summed E-state index contributed by atoms with van der Waals surface area (Å²) in [5.41, 5.74) is 0. The first kappa shape index (κ1) is 12.1. The van der Waals surface area contributed by atoms with Crippen molar-refractivity contribution in [1.82, 2.24) is 15.3 Å². The second-order valence-corrected chi connectivity index (χ2v) is 4.43. The largest absolute Gasteiger partial charge is 0.474 e. The van der Waals surface area contributed by atoms with Gasteiger partial charge in [0.1, 0.15) is 6.10 Å². The maximum atomic E-state index is 5.78. The first-order chi connectivity index (χ1) is 8.24. The Hall–Kier alpha value is -1.36. The Balaban J connectivity index is 1.95. The highest BCUT2D eigenvalue weighted by molar-refractivity contribution is 5.13. The van der Waals surface area contributed by atoms with Crippen LogP contribution in [0.4, 0.5) is 0 Å². The highest BCUT2D eigenvalue weighted by atomic mass is 16.5. The topological polar surface area (TPSA) is 56.3 Å². The molecule has 5 nitrogen and oxygen atoms in total. The molecule has 0 aromatic carbocycles. The number of hydrogen-bond acceptors (Lipinski definition) is 5. The second kappa shape index (κ2) is 5.82. The summed E-state index contributed by atoms with van der Waals surface area (Å²) in [4.78, 5) is 8.35. The molecule has 5 heteroatoms.